The first-order valence-corrected chi connectivity index (χ1v) is 6.38. The highest BCUT2D eigenvalue weighted by Crippen LogP contribution is 2.14. The Bertz CT molecular complexity index is 435. The van der Waals surface area contributed by atoms with Crippen molar-refractivity contribution in [2.24, 2.45) is 0 Å². The van der Waals surface area contributed by atoms with E-state index in [-0.39, 0.29) is 30.4 Å². The molecule has 1 fully saturated rings. The van der Waals surface area contributed by atoms with Crippen LogP contribution in [0.25, 0.3) is 0 Å². The first-order chi connectivity index (χ1) is 9.11. The number of hydrogen-bond donors (Lipinski definition) is 1. The van der Waals surface area contributed by atoms with Crippen molar-refractivity contribution >= 4 is 5.78 Å². The summed E-state index contributed by atoms with van der Waals surface area (Å²) in [5, 5.41) is 9.10. The molecule has 1 aliphatic heterocycles. The van der Waals surface area contributed by atoms with Gasteiger partial charge in [0.1, 0.15) is 5.82 Å². The molecule has 2 unspecified atom stereocenters. The summed E-state index contributed by atoms with van der Waals surface area (Å²) in [4.78, 5) is 14.3. The predicted octanol–water partition coefficient (Wildman–Crippen LogP) is 1.09. The molecule has 4 nitrogen and oxygen atoms in total. The topological polar surface area (TPSA) is 49.8 Å². The molecule has 1 aromatic carbocycles. The third-order valence-corrected chi connectivity index (χ3v) is 3.43. The number of ether oxygens (including phenoxy) is 1. The van der Waals surface area contributed by atoms with Gasteiger partial charge < -0.3 is 9.84 Å². The molecule has 1 aliphatic rings. The summed E-state index contributed by atoms with van der Waals surface area (Å²) in [5.74, 6) is -0.394. The fraction of sp³-hybridized carbons (Fsp3) is 0.500. The zero-order valence-corrected chi connectivity index (χ0v) is 10.9. The van der Waals surface area contributed by atoms with Crippen molar-refractivity contribution < 1.29 is 19.0 Å². The molecular weight excluding hydrogens is 249 g/mol. The van der Waals surface area contributed by atoms with E-state index in [1.54, 1.807) is 0 Å². The number of ketones is 1. The van der Waals surface area contributed by atoms with Crippen molar-refractivity contribution in [2.45, 2.75) is 19.1 Å². The molecular formula is C14H18FNO3. The van der Waals surface area contributed by atoms with E-state index >= 15 is 0 Å². The lowest BCUT2D eigenvalue weighted by atomic mass is 10.0. The second-order valence-corrected chi connectivity index (χ2v) is 4.72. The SMILES string of the molecule is CC(C(=O)c1ccc(F)cc1)N1CCOC(CO)C1. The van der Waals surface area contributed by atoms with Crippen LogP contribution in [0.4, 0.5) is 4.39 Å². The number of Topliss-reactive ketones (excluding diaryl/α,β-unsaturated/α-hetero) is 1. The van der Waals surface area contributed by atoms with E-state index in [9.17, 15) is 9.18 Å². The van der Waals surface area contributed by atoms with Crippen molar-refractivity contribution in [1.82, 2.24) is 4.90 Å². The smallest absolute Gasteiger partial charge is 0.179 e. The van der Waals surface area contributed by atoms with Crippen LogP contribution in [-0.4, -0.2) is 54.2 Å². The number of carbonyl (C=O) groups excluding carboxylic acids is 1. The maximum atomic E-state index is 12.8. The van der Waals surface area contributed by atoms with E-state index in [0.29, 0.717) is 25.3 Å². The maximum Gasteiger partial charge on any atom is 0.179 e. The summed E-state index contributed by atoms with van der Waals surface area (Å²) in [7, 11) is 0. The lowest BCUT2D eigenvalue weighted by Gasteiger charge is -2.35. The second-order valence-electron chi connectivity index (χ2n) is 4.72. The van der Waals surface area contributed by atoms with Crippen LogP contribution in [0.3, 0.4) is 0 Å². The van der Waals surface area contributed by atoms with E-state index in [1.807, 2.05) is 11.8 Å². The van der Waals surface area contributed by atoms with Gasteiger partial charge in [0.15, 0.2) is 5.78 Å². The number of benzene rings is 1. The summed E-state index contributed by atoms with van der Waals surface area (Å²) >= 11 is 0. The van der Waals surface area contributed by atoms with Gasteiger partial charge in [-0.3, -0.25) is 9.69 Å². The zero-order valence-electron chi connectivity index (χ0n) is 10.9. The first kappa shape index (κ1) is 14.1. The van der Waals surface area contributed by atoms with Gasteiger partial charge in [0, 0.05) is 18.7 Å². The minimum Gasteiger partial charge on any atom is -0.394 e. The summed E-state index contributed by atoms with van der Waals surface area (Å²) < 4.78 is 18.2. The van der Waals surface area contributed by atoms with Crippen molar-refractivity contribution in [3.63, 3.8) is 0 Å². The zero-order chi connectivity index (χ0) is 13.8. The van der Waals surface area contributed by atoms with Gasteiger partial charge in [-0.2, -0.15) is 0 Å². The molecule has 1 heterocycles. The van der Waals surface area contributed by atoms with Crippen LogP contribution >= 0.6 is 0 Å². The normalized spacial score (nSPS) is 22.2. The van der Waals surface area contributed by atoms with Gasteiger partial charge in [-0.1, -0.05) is 0 Å². The Hall–Kier alpha value is -1.30. The third kappa shape index (κ3) is 3.37. The summed E-state index contributed by atoms with van der Waals surface area (Å²) in [6.07, 6.45) is -0.239. The van der Waals surface area contributed by atoms with Gasteiger partial charge in [-0.25, -0.2) is 4.39 Å². The van der Waals surface area contributed by atoms with Crippen molar-refractivity contribution in [1.29, 1.82) is 0 Å². The Kier molecular flexibility index (Phi) is 4.63. The van der Waals surface area contributed by atoms with Crippen LogP contribution in [-0.2, 0) is 4.74 Å². The lowest BCUT2D eigenvalue weighted by molar-refractivity contribution is -0.0592. The molecule has 2 rings (SSSR count). The van der Waals surface area contributed by atoms with Crippen molar-refractivity contribution in [2.75, 3.05) is 26.3 Å². The van der Waals surface area contributed by atoms with E-state index in [0.717, 1.165) is 0 Å². The Balaban J connectivity index is 2.04. The Morgan fingerprint density at radius 3 is 2.84 bits per heavy atom. The van der Waals surface area contributed by atoms with Crippen LogP contribution < -0.4 is 0 Å². The highest BCUT2D eigenvalue weighted by atomic mass is 19.1. The molecule has 0 saturated carbocycles. The fourth-order valence-electron chi connectivity index (χ4n) is 2.23. The average molecular weight is 267 g/mol. The number of hydrogen-bond acceptors (Lipinski definition) is 4. The van der Waals surface area contributed by atoms with E-state index in [4.69, 9.17) is 9.84 Å². The van der Waals surface area contributed by atoms with Gasteiger partial charge in [0.25, 0.3) is 0 Å². The molecule has 1 aromatic rings. The molecule has 19 heavy (non-hydrogen) atoms. The van der Waals surface area contributed by atoms with Gasteiger partial charge in [-0.05, 0) is 31.2 Å². The van der Waals surface area contributed by atoms with Gasteiger partial charge in [0.2, 0.25) is 0 Å². The number of nitrogens with zero attached hydrogens (tertiary/aromatic N) is 1. The average Bonchev–Trinajstić information content (AvgIpc) is 2.46. The molecule has 0 spiro atoms. The van der Waals surface area contributed by atoms with Crippen LogP contribution in [0.15, 0.2) is 24.3 Å². The molecule has 2 atom stereocenters. The maximum absolute atomic E-state index is 12.8. The minimum atomic E-state index is -0.351. The quantitative estimate of drug-likeness (QED) is 0.830. The van der Waals surface area contributed by atoms with Crippen molar-refractivity contribution in [3.05, 3.63) is 35.6 Å². The van der Waals surface area contributed by atoms with E-state index in [2.05, 4.69) is 0 Å². The Labute approximate surface area is 111 Å². The van der Waals surface area contributed by atoms with E-state index in [1.165, 1.54) is 24.3 Å². The largest absolute Gasteiger partial charge is 0.394 e. The summed E-state index contributed by atoms with van der Waals surface area (Å²) in [6, 6.07) is 5.27. The number of carbonyl (C=O) groups is 1. The Morgan fingerprint density at radius 2 is 2.21 bits per heavy atom. The third-order valence-electron chi connectivity index (χ3n) is 3.43. The Morgan fingerprint density at radius 1 is 1.53 bits per heavy atom. The standard InChI is InChI=1S/C14H18FNO3/c1-10(16-6-7-19-13(8-16)9-17)14(18)11-2-4-12(15)5-3-11/h2-5,10,13,17H,6-9H2,1H3. The molecule has 5 heteroatoms. The van der Waals surface area contributed by atoms with Crippen LogP contribution in [0.5, 0.6) is 0 Å². The van der Waals surface area contributed by atoms with Crippen LogP contribution in [0, 0.1) is 5.82 Å². The number of aliphatic hydroxyl groups is 1. The molecule has 0 amide bonds. The van der Waals surface area contributed by atoms with Gasteiger partial charge >= 0.3 is 0 Å². The monoisotopic (exact) mass is 267 g/mol. The van der Waals surface area contributed by atoms with Gasteiger partial charge in [-0.15, -0.1) is 0 Å². The van der Waals surface area contributed by atoms with Crippen LogP contribution in [0.2, 0.25) is 0 Å². The minimum absolute atomic E-state index is 0.0430. The lowest BCUT2D eigenvalue weighted by Crippen LogP contribution is -2.50. The molecule has 1 saturated heterocycles. The van der Waals surface area contributed by atoms with Crippen molar-refractivity contribution in [3.8, 4) is 0 Å². The first-order valence-electron chi connectivity index (χ1n) is 6.38. The number of rotatable bonds is 4. The molecule has 0 radical (unpaired) electrons. The number of aliphatic hydroxyl groups excluding tert-OH is 1. The molecule has 0 aromatic heterocycles. The highest BCUT2D eigenvalue weighted by molar-refractivity contribution is 5.99. The molecule has 0 bridgehead atoms. The molecule has 0 aliphatic carbocycles. The van der Waals surface area contributed by atoms with Crippen LogP contribution in [0.1, 0.15) is 17.3 Å². The molecule has 1 N–H and O–H groups in total. The number of morpholine rings is 1. The molecule has 104 valence electrons. The summed E-state index contributed by atoms with van der Waals surface area (Å²) in [6.45, 7) is 3.47. The fourth-order valence-corrected chi connectivity index (χ4v) is 2.23. The number of halogens is 1. The van der Waals surface area contributed by atoms with E-state index < -0.39 is 0 Å². The predicted molar refractivity (Wildman–Crippen MR) is 68.6 cm³/mol. The summed E-state index contributed by atoms with van der Waals surface area (Å²) in [5.41, 5.74) is 0.501. The second kappa shape index (κ2) is 6.23. The van der Waals surface area contributed by atoms with Gasteiger partial charge in [0.05, 0.1) is 25.4 Å². The highest BCUT2D eigenvalue weighted by Gasteiger charge is 2.28.